The van der Waals surface area contributed by atoms with Gasteiger partial charge in [0.25, 0.3) is 0 Å². The van der Waals surface area contributed by atoms with Gasteiger partial charge < -0.3 is 14.6 Å². The van der Waals surface area contributed by atoms with E-state index < -0.39 is 10.9 Å². The highest BCUT2D eigenvalue weighted by Crippen LogP contribution is 2.34. The fraction of sp³-hybridized carbons (Fsp3) is 0.0769. The second-order valence-corrected chi connectivity index (χ2v) is 3.85. The van der Waals surface area contributed by atoms with E-state index in [-0.39, 0.29) is 22.9 Å². The van der Waals surface area contributed by atoms with Crippen molar-refractivity contribution in [1.82, 2.24) is 4.98 Å². The van der Waals surface area contributed by atoms with Crippen molar-refractivity contribution in [3.8, 4) is 17.4 Å². The molecule has 0 atom stereocenters. The largest absolute Gasteiger partial charge is 0.497 e. The Hall–Kier alpha value is -3.16. The summed E-state index contributed by atoms with van der Waals surface area (Å²) in [5.41, 5.74) is -0.521. The van der Waals surface area contributed by atoms with Crippen LogP contribution in [0.5, 0.6) is 17.4 Å². The third-order valence-corrected chi connectivity index (χ3v) is 2.57. The highest BCUT2D eigenvalue weighted by Gasteiger charge is 2.20. The number of aromatic carboxylic acids is 1. The van der Waals surface area contributed by atoms with Crippen LogP contribution in [0, 0.1) is 10.1 Å². The highest BCUT2D eigenvalue weighted by atomic mass is 16.6. The molecule has 0 radical (unpaired) electrons. The smallest absolute Gasteiger partial charge is 0.341 e. The maximum absolute atomic E-state index is 11.1. The van der Waals surface area contributed by atoms with E-state index in [0.717, 1.165) is 0 Å². The predicted octanol–water partition coefficient (Wildman–Crippen LogP) is 2.49. The standard InChI is InChI=1S/C13H10N2O6/c1-20-8-4-5-10(15(18)19)11(7-8)21-12-9(13(16)17)3-2-6-14-12/h2-7H,1H3,(H,16,17). The average molecular weight is 290 g/mol. The number of carbonyl (C=O) groups is 1. The Morgan fingerprint density at radius 3 is 2.76 bits per heavy atom. The molecule has 0 spiro atoms. The lowest BCUT2D eigenvalue weighted by atomic mass is 10.2. The summed E-state index contributed by atoms with van der Waals surface area (Å²) in [5, 5.41) is 20.0. The molecule has 1 aromatic carbocycles. The average Bonchev–Trinajstić information content (AvgIpc) is 2.47. The molecule has 21 heavy (non-hydrogen) atoms. The first-order valence-corrected chi connectivity index (χ1v) is 5.71. The number of nitro groups is 1. The number of nitrogens with zero attached hydrogens (tertiary/aromatic N) is 2. The molecule has 0 aliphatic heterocycles. The molecule has 0 unspecified atom stereocenters. The quantitative estimate of drug-likeness (QED) is 0.664. The van der Waals surface area contributed by atoms with Gasteiger partial charge in [-0.3, -0.25) is 10.1 Å². The topological polar surface area (TPSA) is 112 Å². The van der Waals surface area contributed by atoms with Gasteiger partial charge in [-0.25, -0.2) is 9.78 Å². The van der Waals surface area contributed by atoms with Crippen LogP contribution < -0.4 is 9.47 Å². The molecule has 8 heteroatoms. The minimum Gasteiger partial charge on any atom is -0.497 e. The summed E-state index contributed by atoms with van der Waals surface area (Å²) in [5.74, 6) is -1.30. The number of rotatable bonds is 5. The molecule has 0 aliphatic rings. The molecular weight excluding hydrogens is 280 g/mol. The normalized spacial score (nSPS) is 9.95. The zero-order valence-electron chi connectivity index (χ0n) is 10.8. The van der Waals surface area contributed by atoms with Gasteiger partial charge in [-0.15, -0.1) is 0 Å². The van der Waals surface area contributed by atoms with Crippen molar-refractivity contribution in [2.45, 2.75) is 0 Å². The molecule has 0 bridgehead atoms. The van der Waals surface area contributed by atoms with Crippen molar-refractivity contribution >= 4 is 11.7 Å². The summed E-state index contributed by atoms with van der Waals surface area (Å²) in [4.78, 5) is 25.2. The maximum Gasteiger partial charge on any atom is 0.341 e. The second-order valence-electron chi connectivity index (χ2n) is 3.85. The van der Waals surface area contributed by atoms with Crippen molar-refractivity contribution in [2.24, 2.45) is 0 Å². The third-order valence-electron chi connectivity index (χ3n) is 2.57. The number of aromatic nitrogens is 1. The molecule has 0 amide bonds. The van der Waals surface area contributed by atoms with Crippen LogP contribution in [0.2, 0.25) is 0 Å². The van der Waals surface area contributed by atoms with Crippen LogP contribution in [0.3, 0.4) is 0 Å². The van der Waals surface area contributed by atoms with Crippen LogP contribution in [0.4, 0.5) is 5.69 Å². The zero-order valence-corrected chi connectivity index (χ0v) is 10.8. The molecule has 1 aromatic heterocycles. The summed E-state index contributed by atoms with van der Waals surface area (Å²) in [6.45, 7) is 0. The first kappa shape index (κ1) is 14.3. The number of carboxylic acid groups (broad SMARTS) is 1. The van der Waals surface area contributed by atoms with Crippen LogP contribution in [0.15, 0.2) is 36.5 Å². The van der Waals surface area contributed by atoms with E-state index in [4.69, 9.17) is 14.6 Å². The zero-order chi connectivity index (χ0) is 15.4. The molecule has 2 rings (SSSR count). The molecular formula is C13H10N2O6. The molecule has 0 saturated heterocycles. The Labute approximate surface area is 118 Å². The van der Waals surface area contributed by atoms with Crippen LogP contribution in [0.25, 0.3) is 0 Å². The first-order valence-electron chi connectivity index (χ1n) is 5.71. The lowest BCUT2D eigenvalue weighted by Crippen LogP contribution is -2.02. The summed E-state index contributed by atoms with van der Waals surface area (Å²) in [6, 6.07) is 6.62. The first-order chi connectivity index (χ1) is 10.0. The number of nitro benzene ring substituents is 1. The van der Waals surface area contributed by atoms with E-state index in [1.54, 1.807) is 0 Å². The predicted molar refractivity (Wildman–Crippen MR) is 70.9 cm³/mol. The molecule has 108 valence electrons. The fourth-order valence-corrected chi connectivity index (χ4v) is 1.59. The number of ether oxygens (including phenoxy) is 2. The summed E-state index contributed by atoms with van der Waals surface area (Å²) < 4.78 is 10.3. The Bertz CT molecular complexity index is 701. The Morgan fingerprint density at radius 2 is 2.14 bits per heavy atom. The highest BCUT2D eigenvalue weighted by molar-refractivity contribution is 5.90. The Morgan fingerprint density at radius 1 is 1.38 bits per heavy atom. The Kier molecular flexibility index (Phi) is 3.98. The van der Waals surface area contributed by atoms with E-state index in [9.17, 15) is 14.9 Å². The van der Waals surface area contributed by atoms with Gasteiger partial charge in [0.1, 0.15) is 11.3 Å². The lowest BCUT2D eigenvalue weighted by Gasteiger charge is -2.08. The van der Waals surface area contributed by atoms with Gasteiger partial charge >= 0.3 is 11.7 Å². The van der Waals surface area contributed by atoms with Crippen LogP contribution in [0.1, 0.15) is 10.4 Å². The summed E-state index contributed by atoms with van der Waals surface area (Å²) >= 11 is 0. The van der Waals surface area contributed by atoms with E-state index in [2.05, 4.69) is 4.98 Å². The van der Waals surface area contributed by atoms with Gasteiger partial charge in [-0.2, -0.15) is 0 Å². The number of carboxylic acids is 1. The van der Waals surface area contributed by atoms with E-state index in [1.165, 1.54) is 43.6 Å². The Balaban J connectivity index is 2.48. The number of hydrogen-bond acceptors (Lipinski definition) is 6. The second kappa shape index (κ2) is 5.87. The molecule has 1 heterocycles. The van der Waals surface area contributed by atoms with Gasteiger partial charge in [0.2, 0.25) is 11.6 Å². The van der Waals surface area contributed by atoms with Crippen molar-refractivity contribution in [1.29, 1.82) is 0 Å². The van der Waals surface area contributed by atoms with Crippen LogP contribution >= 0.6 is 0 Å². The third kappa shape index (κ3) is 3.06. The van der Waals surface area contributed by atoms with Gasteiger partial charge in [0.15, 0.2) is 0 Å². The maximum atomic E-state index is 11.1. The molecule has 1 N–H and O–H groups in total. The number of benzene rings is 1. The van der Waals surface area contributed by atoms with Gasteiger partial charge in [-0.05, 0) is 18.2 Å². The minimum absolute atomic E-state index is 0.152. The van der Waals surface area contributed by atoms with Gasteiger partial charge in [0, 0.05) is 18.3 Å². The van der Waals surface area contributed by atoms with Crippen molar-refractivity contribution in [3.05, 3.63) is 52.2 Å². The molecule has 0 aliphatic carbocycles. The lowest BCUT2D eigenvalue weighted by molar-refractivity contribution is -0.385. The van der Waals surface area contributed by atoms with Crippen LogP contribution in [-0.4, -0.2) is 28.1 Å². The van der Waals surface area contributed by atoms with Crippen molar-refractivity contribution in [3.63, 3.8) is 0 Å². The minimum atomic E-state index is -1.25. The number of pyridine rings is 1. The molecule has 2 aromatic rings. The molecule has 8 nitrogen and oxygen atoms in total. The molecule has 0 saturated carbocycles. The molecule has 0 fully saturated rings. The number of methoxy groups -OCH3 is 1. The monoisotopic (exact) mass is 290 g/mol. The SMILES string of the molecule is COc1ccc([N+](=O)[O-])c(Oc2ncccc2C(=O)O)c1. The summed E-state index contributed by atoms with van der Waals surface area (Å²) in [7, 11) is 1.40. The number of hydrogen-bond donors (Lipinski definition) is 1. The summed E-state index contributed by atoms with van der Waals surface area (Å²) in [6.07, 6.45) is 1.33. The van der Waals surface area contributed by atoms with E-state index in [1.807, 2.05) is 0 Å². The fourth-order valence-electron chi connectivity index (χ4n) is 1.59. The van der Waals surface area contributed by atoms with Crippen LogP contribution in [-0.2, 0) is 0 Å². The van der Waals surface area contributed by atoms with E-state index in [0.29, 0.717) is 5.75 Å². The van der Waals surface area contributed by atoms with Crippen molar-refractivity contribution < 1.29 is 24.3 Å². The van der Waals surface area contributed by atoms with E-state index >= 15 is 0 Å². The van der Waals surface area contributed by atoms with Gasteiger partial charge in [-0.1, -0.05) is 0 Å². The van der Waals surface area contributed by atoms with Gasteiger partial charge in [0.05, 0.1) is 12.0 Å². The van der Waals surface area contributed by atoms with Crippen molar-refractivity contribution in [2.75, 3.05) is 7.11 Å².